The zero-order valence-corrected chi connectivity index (χ0v) is 16.8. The van der Waals surface area contributed by atoms with E-state index in [0.29, 0.717) is 48.0 Å². The van der Waals surface area contributed by atoms with Gasteiger partial charge in [-0.1, -0.05) is 12.1 Å². The molecule has 1 heterocycles. The highest BCUT2D eigenvalue weighted by Gasteiger charge is 2.15. The van der Waals surface area contributed by atoms with Crippen LogP contribution in [-0.4, -0.2) is 34.8 Å². The zero-order valence-electron chi connectivity index (χ0n) is 16.8. The Labute approximate surface area is 168 Å². The summed E-state index contributed by atoms with van der Waals surface area (Å²) in [4.78, 5) is 29.0. The fourth-order valence-electron chi connectivity index (χ4n) is 2.92. The van der Waals surface area contributed by atoms with Gasteiger partial charge in [0.25, 0.3) is 5.56 Å². The van der Waals surface area contributed by atoms with Crippen molar-refractivity contribution >= 4 is 16.9 Å². The third kappa shape index (κ3) is 5.00. The van der Waals surface area contributed by atoms with Crippen LogP contribution >= 0.6 is 0 Å². The summed E-state index contributed by atoms with van der Waals surface area (Å²) in [6, 6.07) is 14.0. The van der Waals surface area contributed by atoms with Crippen LogP contribution in [0.25, 0.3) is 10.9 Å². The van der Waals surface area contributed by atoms with Crippen LogP contribution in [0.2, 0.25) is 0 Å². The molecule has 1 aromatic heterocycles. The minimum absolute atomic E-state index is 0.0811. The molecule has 152 valence electrons. The lowest BCUT2D eigenvalue weighted by atomic mass is 10.2. The van der Waals surface area contributed by atoms with Gasteiger partial charge in [0.15, 0.2) is 6.10 Å². The number of para-hydroxylation sites is 1. The molecule has 0 aliphatic carbocycles. The van der Waals surface area contributed by atoms with Crippen molar-refractivity contribution in [3.05, 3.63) is 64.7 Å². The summed E-state index contributed by atoms with van der Waals surface area (Å²) in [6.45, 7) is 6.40. The number of ether oxygens (including phenoxy) is 3. The lowest BCUT2D eigenvalue weighted by Crippen LogP contribution is -2.26. The molecule has 1 atom stereocenters. The van der Waals surface area contributed by atoms with Crippen molar-refractivity contribution in [1.29, 1.82) is 0 Å². The Balaban J connectivity index is 1.59. The van der Waals surface area contributed by atoms with Gasteiger partial charge in [-0.25, -0.2) is 9.78 Å². The van der Waals surface area contributed by atoms with Gasteiger partial charge in [-0.2, -0.15) is 0 Å². The molecule has 0 N–H and O–H groups in total. The Bertz CT molecular complexity index is 1040. The topological polar surface area (TPSA) is 79.7 Å². The minimum Gasteiger partial charge on any atom is -0.492 e. The maximum atomic E-state index is 12.6. The number of hydrogen-bond donors (Lipinski definition) is 0. The molecule has 0 radical (unpaired) electrons. The molecular weight excluding hydrogens is 372 g/mol. The summed E-state index contributed by atoms with van der Waals surface area (Å²) in [5.41, 5.74) is 0.610. The van der Waals surface area contributed by atoms with E-state index in [0.717, 1.165) is 0 Å². The highest BCUT2D eigenvalue weighted by Crippen LogP contribution is 2.18. The van der Waals surface area contributed by atoms with Gasteiger partial charge in [0.1, 0.15) is 23.9 Å². The second kappa shape index (κ2) is 9.34. The number of aryl methyl sites for hydroxylation is 1. The molecule has 7 heteroatoms. The predicted octanol–water partition coefficient (Wildman–Crippen LogP) is 3.11. The number of rotatable bonds is 8. The summed E-state index contributed by atoms with van der Waals surface area (Å²) in [5.74, 6) is 1.23. The standard InChI is InChI=1S/C22H24N2O5/c1-4-27-15(2)22(26)29-18-11-9-17(10-12-18)28-14-13-24-16(3)23-20-8-6-5-7-19(20)21(24)25/h5-12,15H,4,13-14H2,1-3H3. The largest absolute Gasteiger partial charge is 0.492 e. The van der Waals surface area contributed by atoms with Crippen LogP contribution in [0.4, 0.5) is 0 Å². The van der Waals surface area contributed by atoms with E-state index < -0.39 is 12.1 Å². The first-order valence-corrected chi connectivity index (χ1v) is 9.52. The average Bonchev–Trinajstić information content (AvgIpc) is 2.72. The lowest BCUT2D eigenvalue weighted by molar-refractivity contribution is -0.145. The normalized spacial score (nSPS) is 12.0. The van der Waals surface area contributed by atoms with Gasteiger partial charge >= 0.3 is 5.97 Å². The Morgan fingerprint density at radius 2 is 1.79 bits per heavy atom. The molecule has 0 saturated carbocycles. The molecular formula is C22H24N2O5. The monoisotopic (exact) mass is 396 g/mol. The first-order valence-electron chi connectivity index (χ1n) is 9.52. The van der Waals surface area contributed by atoms with Gasteiger partial charge < -0.3 is 14.2 Å². The van der Waals surface area contributed by atoms with Crippen LogP contribution in [0.1, 0.15) is 19.7 Å². The van der Waals surface area contributed by atoms with Gasteiger partial charge in [0, 0.05) is 6.61 Å². The Morgan fingerprint density at radius 3 is 2.52 bits per heavy atom. The van der Waals surface area contributed by atoms with Crippen molar-refractivity contribution in [2.24, 2.45) is 0 Å². The molecule has 0 aliphatic heterocycles. The van der Waals surface area contributed by atoms with Crippen LogP contribution in [0, 0.1) is 6.92 Å². The van der Waals surface area contributed by atoms with E-state index in [9.17, 15) is 9.59 Å². The molecule has 0 amide bonds. The fraction of sp³-hybridized carbons (Fsp3) is 0.318. The van der Waals surface area contributed by atoms with E-state index in [4.69, 9.17) is 14.2 Å². The number of fused-ring (bicyclic) bond motifs is 1. The third-order valence-electron chi connectivity index (χ3n) is 4.43. The van der Waals surface area contributed by atoms with Crippen molar-refractivity contribution in [1.82, 2.24) is 9.55 Å². The minimum atomic E-state index is -0.618. The van der Waals surface area contributed by atoms with Crippen LogP contribution in [0.5, 0.6) is 11.5 Å². The van der Waals surface area contributed by atoms with Crippen molar-refractivity contribution in [2.75, 3.05) is 13.2 Å². The lowest BCUT2D eigenvalue weighted by Gasteiger charge is -2.13. The second-order valence-corrected chi connectivity index (χ2v) is 6.47. The van der Waals surface area contributed by atoms with E-state index in [1.54, 1.807) is 48.7 Å². The molecule has 3 rings (SSSR count). The molecule has 1 unspecified atom stereocenters. The summed E-state index contributed by atoms with van der Waals surface area (Å²) in [5, 5.41) is 0.588. The van der Waals surface area contributed by atoms with Crippen molar-refractivity contribution < 1.29 is 19.0 Å². The molecule has 0 spiro atoms. The van der Waals surface area contributed by atoms with Gasteiger partial charge in [-0.15, -0.1) is 0 Å². The number of esters is 1. The number of hydrogen-bond acceptors (Lipinski definition) is 6. The maximum Gasteiger partial charge on any atom is 0.340 e. The first kappa shape index (κ1) is 20.5. The van der Waals surface area contributed by atoms with Crippen LogP contribution in [0.15, 0.2) is 53.3 Å². The summed E-state index contributed by atoms with van der Waals surface area (Å²) >= 11 is 0. The molecule has 7 nitrogen and oxygen atoms in total. The Kier molecular flexibility index (Phi) is 6.61. The third-order valence-corrected chi connectivity index (χ3v) is 4.43. The van der Waals surface area contributed by atoms with Crippen molar-refractivity contribution in [3.63, 3.8) is 0 Å². The van der Waals surface area contributed by atoms with Gasteiger partial charge in [-0.3, -0.25) is 9.36 Å². The van der Waals surface area contributed by atoms with E-state index >= 15 is 0 Å². The van der Waals surface area contributed by atoms with E-state index in [1.807, 2.05) is 25.1 Å². The quantitative estimate of drug-likeness (QED) is 0.430. The highest BCUT2D eigenvalue weighted by molar-refractivity contribution is 5.77. The average molecular weight is 396 g/mol. The predicted molar refractivity (Wildman–Crippen MR) is 109 cm³/mol. The molecule has 29 heavy (non-hydrogen) atoms. The van der Waals surface area contributed by atoms with Gasteiger partial charge in [0.05, 0.1) is 17.4 Å². The molecule has 2 aromatic carbocycles. The Hall–Kier alpha value is -3.19. The van der Waals surface area contributed by atoms with Crippen LogP contribution in [-0.2, 0) is 16.1 Å². The van der Waals surface area contributed by atoms with Crippen LogP contribution in [0.3, 0.4) is 0 Å². The molecule has 0 aliphatic rings. The number of carbonyl (C=O) groups excluding carboxylic acids is 1. The van der Waals surface area contributed by atoms with Crippen molar-refractivity contribution in [2.45, 2.75) is 33.4 Å². The molecule has 0 saturated heterocycles. The highest BCUT2D eigenvalue weighted by atomic mass is 16.6. The SMILES string of the molecule is CCOC(C)C(=O)Oc1ccc(OCCn2c(C)nc3ccccc3c2=O)cc1. The number of carbonyl (C=O) groups is 1. The van der Waals surface area contributed by atoms with E-state index in [2.05, 4.69) is 4.98 Å². The number of aromatic nitrogens is 2. The summed E-state index contributed by atoms with van der Waals surface area (Å²) in [6.07, 6.45) is -0.618. The number of benzene rings is 2. The smallest absolute Gasteiger partial charge is 0.340 e. The summed E-state index contributed by atoms with van der Waals surface area (Å²) in [7, 11) is 0. The molecule has 0 bridgehead atoms. The van der Waals surface area contributed by atoms with E-state index in [-0.39, 0.29) is 5.56 Å². The van der Waals surface area contributed by atoms with Crippen molar-refractivity contribution in [3.8, 4) is 11.5 Å². The molecule has 0 fully saturated rings. The van der Waals surface area contributed by atoms with Crippen LogP contribution < -0.4 is 15.0 Å². The van der Waals surface area contributed by atoms with E-state index in [1.165, 1.54) is 0 Å². The van der Waals surface area contributed by atoms with Gasteiger partial charge in [-0.05, 0) is 57.2 Å². The zero-order chi connectivity index (χ0) is 20.8. The Morgan fingerprint density at radius 1 is 1.10 bits per heavy atom. The second-order valence-electron chi connectivity index (χ2n) is 6.47. The molecule has 3 aromatic rings. The van der Waals surface area contributed by atoms with Gasteiger partial charge in [0.2, 0.25) is 0 Å². The maximum absolute atomic E-state index is 12.6. The fourth-order valence-corrected chi connectivity index (χ4v) is 2.92. The summed E-state index contributed by atoms with van der Waals surface area (Å²) < 4.78 is 17.8. The first-order chi connectivity index (χ1) is 14.0. The number of nitrogens with zero attached hydrogens (tertiary/aromatic N) is 2.